The molecule has 7 heteroatoms. The fourth-order valence-corrected chi connectivity index (χ4v) is 2.00. The van der Waals surface area contributed by atoms with Crippen LogP contribution >= 0.6 is 0 Å². The van der Waals surface area contributed by atoms with Crippen LogP contribution in [0.25, 0.3) is 0 Å². The van der Waals surface area contributed by atoms with Gasteiger partial charge < -0.3 is 14.6 Å². The highest BCUT2D eigenvalue weighted by Gasteiger charge is 2.58. The summed E-state index contributed by atoms with van der Waals surface area (Å²) in [4.78, 5) is 24.5. The quantitative estimate of drug-likeness (QED) is 0.579. The van der Waals surface area contributed by atoms with Gasteiger partial charge in [-0.2, -0.15) is 0 Å². The predicted molar refractivity (Wildman–Crippen MR) is 51.0 cm³/mol. The van der Waals surface area contributed by atoms with Gasteiger partial charge >= 0.3 is 5.69 Å². The first-order chi connectivity index (χ1) is 7.70. The average Bonchev–Trinajstić information content (AvgIpc) is 2.96. The average molecular weight is 226 g/mol. The van der Waals surface area contributed by atoms with Gasteiger partial charge in [0, 0.05) is 12.3 Å². The summed E-state index contributed by atoms with van der Waals surface area (Å²) < 4.78 is 12.0. The van der Waals surface area contributed by atoms with E-state index in [1.54, 1.807) is 0 Å². The molecule has 0 bridgehead atoms. The molecule has 2 fully saturated rings. The number of aliphatic hydroxyl groups is 1. The van der Waals surface area contributed by atoms with E-state index in [1.807, 2.05) is 0 Å². The van der Waals surface area contributed by atoms with E-state index in [2.05, 4.69) is 4.98 Å². The Bertz CT molecular complexity index is 521. The summed E-state index contributed by atoms with van der Waals surface area (Å²) >= 11 is 0. The molecule has 2 aliphatic heterocycles. The van der Waals surface area contributed by atoms with Gasteiger partial charge in [0.25, 0.3) is 5.56 Å². The third-order valence-corrected chi connectivity index (χ3v) is 2.83. The maximum Gasteiger partial charge on any atom is 0.330 e. The maximum atomic E-state index is 11.5. The number of aromatic nitrogens is 2. The van der Waals surface area contributed by atoms with Gasteiger partial charge in [-0.15, -0.1) is 0 Å². The molecular formula is C9H10N2O5. The summed E-state index contributed by atoms with van der Waals surface area (Å²) in [5.41, 5.74) is -0.989. The third-order valence-electron chi connectivity index (χ3n) is 2.83. The van der Waals surface area contributed by atoms with E-state index < -0.39 is 23.6 Å². The van der Waals surface area contributed by atoms with Crippen LogP contribution in [-0.2, 0) is 9.47 Å². The fraction of sp³-hybridized carbons (Fsp3) is 0.556. The van der Waals surface area contributed by atoms with Crippen LogP contribution in [0.2, 0.25) is 0 Å². The molecule has 4 atom stereocenters. The van der Waals surface area contributed by atoms with Crippen molar-refractivity contribution in [3.63, 3.8) is 0 Å². The van der Waals surface area contributed by atoms with E-state index in [0.29, 0.717) is 0 Å². The van der Waals surface area contributed by atoms with Gasteiger partial charge in [-0.1, -0.05) is 0 Å². The highest BCUT2D eigenvalue weighted by Crippen LogP contribution is 2.43. The van der Waals surface area contributed by atoms with Crippen LogP contribution in [0.5, 0.6) is 0 Å². The van der Waals surface area contributed by atoms with Gasteiger partial charge in [0.1, 0.15) is 18.3 Å². The molecule has 2 saturated heterocycles. The third kappa shape index (κ3) is 1.33. The zero-order chi connectivity index (χ0) is 11.3. The van der Waals surface area contributed by atoms with Gasteiger partial charge in [-0.05, 0) is 0 Å². The molecule has 0 unspecified atom stereocenters. The number of ether oxygens (including phenoxy) is 2. The number of hydrogen-bond donors (Lipinski definition) is 2. The van der Waals surface area contributed by atoms with Crippen LogP contribution in [0.4, 0.5) is 0 Å². The number of epoxide rings is 1. The number of aromatic amines is 1. The van der Waals surface area contributed by atoms with Crippen LogP contribution in [-0.4, -0.2) is 39.6 Å². The summed E-state index contributed by atoms with van der Waals surface area (Å²) in [7, 11) is 0. The molecule has 1 aromatic rings. The second-order valence-electron chi connectivity index (χ2n) is 3.83. The number of nitrogens with zero attached hydrogens (tertiary/aromatic N) is 1. The molecule has 0 aromatic carbocycles. The van der Waals surface area contributed by atoms with Gasteiger partial charge in [0.05, 0.1) is 6.61 Å². The van der Waals surface area contributed by atoms with Crippen molar-refractivity contribution in [2.45, 2.75) is 24.5 Å². The summed E-state index contributed by atoms with van der Waals surface area (Å²) in [5.74, 6) is 0. The number of nitrogens with one attached hydrogen (secondary N) is 1. The molecule has 0 amide bonds. The fourth-order valence-electron chi connectivity index (χ4n) is 2.00. The van der Waals surface area contributed by atoms with Gasteiger partial charge in [-0.25, -0.2) is 4.79 Å². The molecular weight excluding hydrogens is 216 g/mol. The Balaban J connectivity index is 1.94. The highest BCUT2D eigenvalue weighted by molar-refractivity contribution is 5.02. The second kappa shape index (κ2) is 3.27. The van der Waals surface area contributed by atoms with E-state index in [4.69, 9.17) is 14.6 Å². The Hall–Kier alpha value is -1.44. The smallest absolute Gasteiger partial charge is 0.330 e. The summed E-state index contributed by atoms with van der Waals surface area (Å²) in [5, 5.41) is 8.99. The van der Waals surface area contributed by atoms with Crippen molar-refractivity contribution in [1.82, 2.24) is 9.55 Å². The topological polar surface area (TPSA) is 96.8 Å². The first-order valence-electron chi connectivity index (χ1n) is 4.94. The standard InChI is InChI=1S/C9H10N2O5/c12-3-4-6-7(16-6)8(15-4)11-2-1-5(13)10-9(11)14/h1-2,4,6-8,12H,3H2,(H,10,13,14)/t4-,6-,7-,8-/m0/s1. The Morgan fingerprint density at radius 1 is 1.38 bits per heavy atom. The molecule has 7 nitrogen and oxygen atoms in total. The Morgan fingerprint density at radius 2 is 2.19 bits per heavy atom. The van der Waals surface area contributed by atoms with E-state index in [0.717, 1.165) is 0 Å². The zero-order valence-corrected chi connectivity index (χ0v) is 8.20. The lowest BCUT2D eigenvalue weighted by Crippen LogP contribution is -2.34. The minimum absolute atomic E-state index is 0.143. The molecule has 3 rings (SSSR count). The minimum atomic E-state index is -0.563. The van der Waals surface area contributed by atoms with Crippen molar-refractivity contribution in [2.75, 3.05) is 6.61 Å². The lowest BCUT2D eigenvalue weighted by atomic mass is 10.2. The van der Waals surface area contributed by atoms with Crippen molar-refractivity contribution >= 4 is 0 Å². The molecule has 0 saturated carbocycles. The lowest BCUT2D eigenvalue weighted by molar-refractivity contribution is -0.0856. The van der Waals surface area contributed by atoms with Crippen molar-refractivity contribution in [1.29, 1.82) is 0 Å². The normalized spacial score (nSPS) is 36.1. The first kappa shape index (κ1) is 9.76. The Labute approximate surface area is 89.2 Å². The number of H-pyrrole nitrogens is 1. The SMILES string of the molecule is O=c1ccn([C@H]2O[C@@H](CO)[C@@H]3O[C@@H]32)c(=O)[nH]1. The molecule has 1 aromatic heterocycles. The molecule has 86 valence electrons. The number of aliphatic hydroxyl groups excluding tert-OH is 1. The zero-order valence-electron chi connectivity index (χ0n) is 8.20. The van der Waals surface area contributed by atoms with Crippen LogP contribution in [0.1, 0.15) is 6.23 Å². The molecule has 2 N–H and O–H groups in total. The molecule has 0 spiro atoms. The van der Waals surface area contributed by atoms with Gasteiger partial charge in [-0.3, -0.25) is 14.3 Å². The van der Waals surface area contributed by atoms with E-state index in [1.165, 1.54) is 16.8 Å². The van der Waals surface area contributed by atoms with Crippen molar-refractivity contribution in [2.24, 2.45) is 0 Å². The van der Waals surface area contributed by atoms with Crippen molar-refractivity contribution in [3.05, 3.63) is 33.1 Å². The number of rotatable bonds is 2. The molecule has 0 radical (unpaired) electrons. The maximum absolute atomic E-state index is 11.5. The summed E-state index contributed by atoms with van der Waals surface area (Å²) in [6.07, 6.45) is 0.0551. The monoisotopic (exact) mass is 226 g/mol. The number of hydrogen-bond acceptors (Lipinski definition) is 5. The Kier molecular flexibility index (Phi) is 2.00. The van der Waals surface area contributed by atoms with Crippen molar-refractivity contribution < 1.29 is 14.6 Å². The van der Waals surface area contributed by atoms with Crippen molar-refractivity contribution in [3.8, 4) is 0 Å². The van der Waals surface area contributed by atoms with E-state index in [9.17, 15) is 9.59 Å². The minimum Gasteiger partial charge on any atom is -0.394 e. The Morgan fingerprint density at radius 3 is 2.81 bits per heavy atom. The highest BCUT2D eigenvalue weighted by atomic mass is 16.7. The van der Waals surface area contributed by atoms with Crippen LogP contribution in [0.3, 0.4) is 0 Å². The lowest BCUT2D eigenvalue weighted by Gasteiger charge is -2.17. The molecule has 16 heavy (non-hydrogen) atoms. The molecule has 3 heterocycles. The van der Waals surface area contributed by atoms with E-state index in [-0.39, 0.29) is 18.8 Å². The summed E-state index contributed by atoms with van der Waals surface area (Å²) in [6, 6.07) is 1.24. The van der Waals surface area contributed by atoms with Gasteiger partial charge in [0.15, 0.2) is 6.23 Å². The largest absolute Gasteiger partial charge is 0.394 e. The molecule has 0 aliphatic carbocycles. The summed E-state index contributed by atoms with van der Waals surface area (Å²) in [6.45, 7) is -0.143. The second-order valence-corrected chi connectivity index (χ2v) is 3.83. The van der Waals surface area contributed by atoms with Gasteiger partial charge in [0.2, 0.25) is 0 Å². The first-order valence-corrected chi connectivity index (χ1v) is 4.94. The predicted octanol–water partition coefficient (Wildman–Crippen LogP) is -1.81. The molecule has 2 aliphatic rings. The van der Waals surface area contributed by atoms with Crippen LogP contribution < -0.4 is 11.2 Å². The van der Waals surface area contributed by atoms with Crippen LogP contribution in [0.15, 0.2) is 21.9 Å². The van der Waals surface area contributed by atoms with E-state index >= 15 is 0 Å². The number of fused-ring (bicyclic) bond motifs is 1. The van der Waals surface area contributed by atoms with Crippen LogP contribution in [0, 0.1) is 0 Å².